The van der Waals surface area contributed by atoms with E-state index in [2.05, 4.69) is 24.1 Å². The number of oxazole rings is 1. The molecule has 1 fully saturated rings. The number of ether oxygens (including phenoxy) is 1. The van der Waals surface area contributed by atoms with Crippen molar-refractivity contribution < 1.29 is 9.15 Å². The molecule has 1 aromatic heterocycles. The zero-order chi connectivity index (χ0) is 16.9. The van der Waals surface area contributed by atoms with Gasteiger partial charge < -0.3 is 14.5 Å². The maximum atomic E-state index is 11.9. The van der Waals surface area contributed by atoms with E-state index in [0.29, 0.717) is 24.6 Å². The Kier molecular flexibility index (Phi) is 5.71. The number of aromatic nitrogens is 1. The molecule has 2 heterocycles. The molecule has 24 heavy (non-hydrogen) atoms. The van der Waals surface area contributed by atoms with E-state index in [1.54, 1.807) is 4.57 Å². The number of hydrogen-bond acceptors (Lipinski definition) is 5. The van der Waals surface area contributed by atoms with Crippen molar-refractivity contribution in [2.24, 2.45) is 5.92 Å². The van der Waals surface area contributed by atoms with Crippen LogP contribution in [0.5, 0.6) is 0 Å². The molecule has 1 aromatic carbocycles. The summed E-state index contributed by atoms with van der Waals surface area (Å²) < 4.78 is 12.8. The fraction of sp³-hybridized carbons (Fsp3) is 0.611. The van der Waals surface area contributed by atoms with Crippen molar-refractivity contribution in [3.63, 3.8) is 0 Å². The van der Waals surface area contributed by atoms with Crippen molar-refractivity contribution in [2.75, 3.05) is 39.3 Å². The first kappa shape index (κ1) is 17.2. The lowest BCUT2D eigenvalue weighted by Gasteiger charge is -2.34. The summed E-state index contributed by atoms with van der Waals surface area (Å²) in [5, 5.41) is 3.41. The molecule has 2 aromatic rings. The highest BCUT2D eigenvalue weighted by atomic mass is 16.5. The average molecular weight is 333 g/mol. The molecule has 1 atom stereocenters. The molecule has 0 saturated carbocycles. The number of morpholine rings is 1. The molecule has 0 amide bonds. The summed E-state index contributed by atoms with van der Waals surface area (Å²) >= 11 is 0. The number of hydrogen-bond donors (Lipinski definition) is 1. The molecule has 1 saturated heterocycles. The van der Waals surface area contributed by atoms with Crippen molar-refractivity contribution in [1.82, 2.24) is 14.8 Å². The second-order valence-electron chi connectivity index (χ2n) is 6.84. The van der Waals surface area contributed by atoms with Gasteiger partial charge in [-0.25, -0.2) is 4.79 Å². The highest BCUT2D eigenvalue weighted by Gasteiger charge is 2.20. The first-order valence-electron chi connectivity index (χ1n) is 8.76. The summed E-state index contributed by atoms with van der Waals surface area (Å²) in [7, 11) is 0. The van der Waals surface area contributed by atoms with Crippen LogP contribution >= 0.6 is 0 Å². The van der Waals surface area contributed by atoms with Crippen LogP contribution in [0.1, 0.15) is 13.8 Å². The van der Waals surface area contributed by atoms with E-state index in [9.17, 15) is 4.79 Å². The molecular weight excluding hydrogens is 306 g/mol. The minimum Gasteiger partial charge on any atom is -0.408 e. The second kappa shape index (κ2) is 7.96. The van der Waals surface area contributed by atoms with Gasteiger partial charge in [0.05, 0.1) is 18.2 Å². The number of nitrogens with zero attached hydrogens (tertiary/aromatic N) is 2. The first-order valence-corrected chi connectivity index (χ1v) is 8.76. The molecular formula is C18H27N3O3. The van der Waals surface area contributed by atoms with E-state index in [4.69, 9.17) is 9.15 Å². The molecule has 6 nitrogen and oxygen atoms in total. The van der Waals surface area contributed by atoms with Gasteiger partial charge in [-0.2, -0.15) is 0 Å². The average Bonchev–Trinajstić information content (AvgIpc) is 2.87. The fourth-order valence-electron chi connectivity index (χ4n) is 3.27. The van der Waals surface area contributed by atoms with Crippen molar-refractivity contribution in [3.05, 3.63) is 34.8 Å². The largest absolute Gasteiger partial charge is 0.419 e. The van der Waals surface area contributed by atoms with Crippen molar-refractivity contribution in [3.8, 4) is 0 Å². The zero-order valence-electron chi connectivity index (χ0n) is 14.5. The monoisotopic (exact) mass is 333 g/mol. The number of fused-ring (bicyclic) bond motifs is 1. The van der Waals surface area contributed by atoms with Crippen LogP contribution in [0, 0.1) is 5.92 Å². The third kappa shape index (κ3) is 4.26. The minimum atomic E-state index is -0.296. The van der Waals surface area contributed by atoms with Crippen molar-refractivity contribution in [1.29, 1.82) is 0 Å². The molecule has 132 valence electrons. The van der Waals surface area contributed by atoms with Gasteiger partial charge in [0.25, 0.3) is 0 Å². The third-order valence-corrected chi connectivity index (χ3v) is 4.30. The Balaban J connectivity index is 1.46. The normalized spacial score (nSPS) is 19.4. The van der Waals surface area contributed by atoms with Gasteiger partial charge >= 0.3 is 5.76 Å². The zero-order valence-corrected chi connectivity index (χ0v) is 14.5. The van der Waals surface area contributed by atoms with Gasteiger partial charge in [-0.05, 0) is 18.1 Å². The molecule has 1 N–H and O–H groups in total. The van der Waals surface area contributed by atoms with Gasteiger partial charge in [0.15, 0.2) is 5.58 Å². The molecule has 0 bridgehead atoms. The van der Waals surface area contributed by atoms with Crippen LogP contribution < -0.4 is 11.1 Å². The summed E-state index contributed by atoms with van der Waals surface area (Å²) in [4.78, 5) is 14.4. The van der Waals surface area contributed by atoms with Gasteiger partial charge in [0.2, 0.25) is 0 Å². The van der Waals surface area contributed by atoms with Crippen molar-refractivity contribution in [2.45, 2.75) is 26.5 Å². The summed E-state index contributed by atoms with van der Waals surface area (Å²) in [6.45, 7) is 10.5. The molecule has 1 aliphatic rings. The molecule has 0 aliphatic carbocycles. The minimum absolute atomic E-state index is 0.218. The molecule has 6 heteroatoms. The van der Waals surface area contributed by atoms with Gasteiger partial charge in [0, 0.05) is 39.3 Å². The first-order chi connectivity index (χ1) is 11.6. The topological polar surface area (TPSA) is 59.6 Å². The SMILES string of the molecule is CC(C)CN1CCOC(CNCCn2c(=O)oc3ccccc32)C1. The highest BCUT2D eigenvalue weighted by molar-refractivity contribution is 5.72. The standard InChI is InChI=1S/C18H27N3O3/c1-14(2)12-20-9-10-23-15(13-20)11-19-7-8-21-16-5-3-4-6-17(16)24-18(21)22/h3-6,14-15,19H,7-13H2,1-2H3. The maximum absolute atomic E-state index is 11.9. The van der Waals surface area contributed by atoms with E-state index in [1.165, 1.54) is 0 Å². The smallest absolute Gasteiger partial charge is 0.408 e. The summed E-state index contributed by atoms with van der Waals surface area (Å²) in [6.07, 6.45) is 0.218. The Hall–Kier alpha value is -1.63. The van der Waals surface area contributed by atoms with Crippen LogP contribution in [0.3, 0.4) is 0 Å². The van der Waals surface area contributed by atoms with E-state index in [-0.39, 0.29) is 11.9 Å². The third-order valence-electron chi connectivity index (χ3n) is 4.30. The lowest BCUT2D eigenvalue weighted by atomic mass is 10.2. The Morgan fingerprint density at radius 1 is 1.33 bits per heavy atom. The van der Waals surface area contributed by atoms with Crippen LogP contribution in [0.2, 0.25) is 0 Å². The van der Waals surface area contributed by atoms with E-state index in [1.807, 2.05) is 24.3 Å². The van der Waals surface area contributed by atoms with Gasteiger partial charge in [0.1, 0.15) is 0 Å². The quantitative estimate of drug-likeness (QED) is 0.779. The van der Waals surface area contributed by atoms with Crippen molar-refractivity contribution >= 4 is 11.1 Å². The molecule has 1 aliphatic heterocycles. The van der Waals surface area contributed by atoms with Gasteiger partial charge in [-0.1, -0.05) is 26.0 Å². The Morgan fingerprint density at radius 2 is 2.17 bits per heavy atom. The lowest BCUT2D eigenvalue weighted by molar-refractivity contribution is -0.0302. The maximum Gasteiger partial charge on any atom is 0.419 e. The predicted molar refractivity (Wildman–Crippen MR) is 94.4 cm³/mol. The van der Waals surface area contributed by atoms with Gasteiger partial charge in [-0.15, -0.1) is 0 Å². The number of rotatable bonds is 7. The predicted octanol–water partition coefficient (Wildman–Crippen LogP) is 1.54. The molecule has 0 radical (unpaired) electrons. The Bertz CT molecular complexity index is 707. The summed E-state index contributed by atoms with van der Waals surface area (Å²) in [5.41, 5.74) is 1.49. The van der Waals surface area contributed by atoms with E-state index in [0.717, 1.165) is 38.3 Å². The summed E-state index contributed by atoms with van der Waals surface area (Å²) in [5.74, 6) is 0.382. The lowest BCUT2D eigenvalue weighted by Crippen LogP contribution is -2.48. The van der Waals surface area contributed by atoms with Gasteiger partial charge in [-0.3, -0.25) is 9.47 Å². The Labute approximate surface area is 142 Å². The molecule has 3 rings (SSSR count). The highest BCUT2D eigenvalue weighted by Crippen LogP contribution is 2.11. The molecule has 1 unspecified atom stereocenters. The molecule has 0 spiro atoms. The number of nitrogens with one attached hydrogen (secondary N) is 1. The van der Waals surface area contributed by atoms with Crippen LogP contribution in [0.15, 0.2) is 33.5 Å². The van der Waals surface area contributed by atoms with Crippen LogP contribution in [0.4, 0.5) is 0 Å². The van der Waals surface area contributed by atoms with Crippen LogP contribution in [-0.2, 0) is 11.3 Å². The van der Waals surface area contributed by atoms with Crippen LogP contribution in [-0.4, -0.2) is 54.9 Å². The van der Waals surface area contributed by atoms with E-state index < -0.39 is 0 Å². The summed E-state index contributed by atoms with van der Waals surface area (Å²) in [6, 6.07) is 7.52. The van der Waals surface area contributed by atoms with E-state index >= 15 is 0 Å². The Morgan fingerprint density at radius 3 is 3.00 bits per heavy atom. The number of para-hydroxylation sites is 2. The second-order valence-corrected chi connectivity index (χ2v) is 6.84. The van der Waals surface area contributed by atoms with Crippen LogP contribution in [0.25, 0.3) is 11.1 Å². The number of benzene rings is 1. The fourth-order valence-corrected chi connectivity index (χ4v) is 3.27.